The molecule has 305 valence electrons. The third-order valence-corrected chi connectivity index (χ3v) is 32.3. The first-order valence-electron chi connectivity index (χ1n) is 21.4. The summed E-state index contributed by atoms with van der Waals surface area (Å²) >= 11 is -6.03. The Morgan fingerprint density at radius 2 is 0.931 bits per heavy atom. The van der Waals surface area contributed by atoms with Gasteiger partial charge in [-0.3, -0.25) is 0 Å². The summed E-state index contributed by atoms with van der Waals surface area (Å²) in [5.41, 5.74) is 13.8. The zero-order chi connectivity index (χ0) is 42.2. The van der Waals surface area contributed by atoms with E-state index in [-0.39, 0.29) is 35.5 Å². The summed E-state index contributed by atoms with van der Waals surface area (Å²) < 4.78 is -1.75. The van der Waals surface area contributed by atoms with Crippen molar-refractivity contribution in [3.8, 4) is 22.3 Å². The average molecular weight is 896 g/mol. The second-order valence-corrected chi connectivity index (χ2v) is 39.9. The minimum absolute atomic E-state index is 0.0901. The molecule has 0 fully saturated rings. The van der Waals surface area contributed by atoms with Crippen molar-refractivity contribution in [2.45, 2.75) is 126 Å². The number of carbonyl (C=O) groups excluding carboxylic acids is 2. The molecule has 2 aliphatic carbocycles. The van der Waals surface area contributed by atoms with E-state index in [1.807, 2.05) is 13.8 Å². The van der Waals surface area contributed by atoms with Gasteiger partial charge in [0.1, 0.15) is 0 Å². The fourth-order valence-corrected chi connectivity index (χ4v) is 30.5. The van der Waals surface area contributed by atoms with Crippen LogP contribution < -0.4 is 10.5 Å². The van der Waals surface area contributed by atoms with E-state index in [1.165, 1.54) is 33.4 Å². The first-order chi connectivity index (χ1) is 27.4. The molecule has 0 bridgehead atoms. The number of nitrogens with one attached hydrogen (secondary N) is 2. The van der Waals surface area contributed by atoms with Crippen molar-refractivity contribution < 1.29 is 25.8 Å². The summed E-state index contributed by atoms with van der Waals surface area (Å²) in [6, 6.07) is 30.5. The Bertz CT molecular complexity index is 2130. The second-order valence-electron chi connectivity index (χ2n) is 18.5. The molecule has 4 nitrogen and oxygen atoms in total. The van der Waals surface area contributed by atoms with Crippen LogP contribution in [-0.2, 0) is 36.6 Å². The number of benzene rings is 4. The van der Waals surface area contributed by atoms with Crippen molar-refractivity contribution in [1.82, 2.24) is 10.5 Å². The first-order valence-corrected chi connectivity index (χ1v) is 32.0. The minimum atomic E-state index is -6.03. The maximum absolute atomic E-state index is 13.8. The van der Waals surface area contributed by atoms with Gasteiger partial charge in [0.25, 0.3) is 0 Å². The van der Waals surface area contributed by atoms with E-state index in [2.05, 4.69) is 163 Å². The number of hydrogen-bond acceptors (Lipinski definition) is 2. The molecule has 0 aromatic heterocycles. The SMILES string of the molecule is CCCC1=Cc2c(-c3ccccc3C(C)(C)C)cccc2[CH]1[Zr]([Cl])([Cl])([B](NC(=O)CC)NC(=O)CC)[CH]1C(CCC)=Cc2c(-c3ccccc3C(C)(C)C)cccc21. The van der Waals surface area contributed by atoms with E-state index < -0.39 is 27.9 Å². The molecule has 2 unspecified atom stereocenters. The monoisotopic (exact) mass is 893 g/mol. The summed E-state index contributed by atoms with van der Waals surface area (Å²) in [5.74, 6) is -0.385. The van der Waals surface area contributed by atoms with Crippen molar-refractivity contribution in [2.24, 2.45) is 0 Å². The van der Waals surface area contributed by atoms with Crippen LogP contribution in [0.15, 0.2) is 96.1 Å². The summed E-state index contributed by atoms with van der Waals surface area (Å²) in [4.78, 5) is 27.6. The van der Waals surface area contributed by atoms with Gasteiger partial charge in [-0.15, -0.1) is 0 Å². The number of carbonyl (C=O) groups is 2. The van der Waals surface area contributed by atoms with Gasteiger partial charge in [-0.05, 0) is 0 Å². The molecule has 8 heteroatoms. The maximum atomic E-state index is 13.8. The van der Waals surface area contributed by atoms with Crippen molar-refractivity contribution in [2.75, 3.05) is 0 Å². The van der Waals surface area contributed by atoms with E-state index in [4.69, 9.17) is 17.0 Å². The molecular weight excluding hydrogens is 834 g/mol. The van der Waals surface area contributed by atoms with E-state index in [0.717, 1.165) is 59.1 Å². The second kappa shape index (κ2) is 17.1. The molecule has 2 aliphatic rings. The summed E-state index contributed by atoms with van der Waals surface area (Å²) in [7, 11) is 17.9. The predicted octanol–water partition coefficient (Wildman–Crippen LogP) is 13.8. The Labute approximate surface area is 356 Å². The Balaban J connectivity index is 1.72. The zero-order valence-electron chi connectivity index (χ0n) is 36.3. The molecular formula is C50H62BCl2N2O2Zr. The quantitative estimate of drug-likeness (QED) is 0.131. The fourth-order valence-electron chi connectivity index (χ4n) is 9.79. The number of fused-ring (bicyclic) bond motifs is 2. The Morgan fingerprint density at radius 3 is 1.28 bits per heavy atom. The van der Waals surface area contributed by atoms with Crippen molar-refractivity contribution in [3.05, 3.63) is 129 Å². The van der Waals surface area contributed by atoms with Crippen LogP contribution in [0.1, 0.15) is 148 Å². The standard InChI is InChI=1S/2C22H25.C6H11BN2O2.2ClH.Zr/c2*1-5-9-16-14-17-10-8-12-18(20(17)15-16)19-11-6-7-13-21(19)22(2,3)4;1-3-5(10)8-7-9-6(11)4-2;;;/h2*6-8,10-15H,5,9H2,1-4H3;3-4H2,1-2H3,(H-,8,9,10,11);2*1H;/q;;;;;+1/p-1. The van der Waals surface area contributed by atoms with E-state index in [9.17, 15) is 9.59 Å². The molecule has 0 heterocycles. The van der Waals surface area contributed by atoms with Gasteiger partial charge in [0, 0.05) is 0 Å². The molecule has 0 radical (unpaired) electrons. The first kappa shape index (κ1) is 44.4. The molecule has 0 aliphatic heterocycles. The van der Waals surface area contributed by atoms with Gasteiger partial charge in [-0.2, -0.15) is 0 Å². The van der Waals surface area contributed by atoms with Crippen molar-refractivity contribution in [1.29, 1.82) is 0 Å². The Hall–Kier alpha value is -3.17. The van der Waals surface area contributed by atoms with Crippen molar-refractivity contribution >= 4 is 45.5 Å². The van der Waals surface area contributed by atoms with E-state index in [1.54, 1.807) is 0 Å². The molecule has 4 aromatic rings. The van der Waals surface area contributed by atoms with Crippen LogP contribution in [-0.4, -0.2) is 16.3 Å². The molecule has 0 saturated heterocycles. The summed E-state index contributed by atoms with van der Waals surface area (Å²) in [6.45, 7) is 21.6. The van der Waals surface area contributed by atoms with Gasteiger partial charge in [0.2, 0.25) is 0 Å². The zero-order valence-corrected chi connectivity index (χ0v) is 40.3. The molecule has 0 saturated carbocycles. The average Bonchev–Trinajstić information content (AvgIpc) is 3.76. The summed E-state index contributed by atoms with van der Waals surface area (Å²) in [5, 5.41) is 6.62. The fraction of sp³-hybridized carbons (Fsp3) is 0.400. The van der Waals surface area contributed by atoms with Crippen LogP contribution >= 0.6 is 17.0 Å². The molecule has 2 amide bonds. The molecule has 58 heavy (non-hydrogen) atoms. The van der Waals surface area contributed by atoms with Gasteiger partial charge in [0.05, 0.1) is 0 Å². The van der Waals surface area contributed by atoms with E-state index in [0.29, 0.717) is 0 Å². The van der Waals surface area contributed by atoms with E-state index >= 15 is 0 Å². The summed E-state index contributed by atoms with van der Waals surface area (Å²) in [6.07, 6.45) is 8.52. The van der Waals surface area contributed by atoms with Crippen molar-refractivity contribution in [3.63, 3.8) is 0 Å². The van der Waals surface area contributed by atoms with Gasteiger partial charge in [0.15, 0.2) is 0 Å². The van der Waals surface area contributed by atoms with Gasteiger partial charge < -0.3 is 0 Å². The third kappa shape index (κ3) is 8.04. The Kier molecular flexibility index (Phi) is 13.1. The van der Waals surface area contributed by atoms with Crippen LogP contribution in [0.2, 0.25) is 0 Å². The molecule has 2 N–H and O–H groups in total. The molecule has 2 atom stereocenters. The van der Waals surface area contributed by atoms with Crippen LogP contribution in [0, 0.1) is 0 Å². The normalized spacial score (nSPS) is 17.1. The molecule has 6 rings (SSSR count). The number of halogens is 2. The Morgan fingerprint density at radius 1 is 0.569 bits per heavy atom. The number of rotatable bonds is 13. The number of hydrogen-bond donors (Lipinski definition) is 2. The topological polar surface area (TPSA) is 58.2 Å². The molecule has 4 aromatic carbocycles. The van der Waals surface area contributed by atoms with Crippen LogP contribution in [0.25, 0.3) is 34.4 Å². The van der Waals surface area contributed by atoms with Crippen LogP contribution in [0.4, 0.5) is 0 Å². The number of amides is 2. The van der Waals surface area contributed by atoms with Gasteiger partial charge >= 0.3 is 359 Å². The van der Waals surface area contributed by atoms with Crippen LogP contribution in [0.5, 0.6) is 0 Å². The van der Waals surface area contributed by atoms with Gasteiger partial charge in [-0.1, -0.05) is 0 Å². The number of allylic oxidation sites excluding steroid dienone is 2. The van der Waals surface area contributed by atoms with Crippen LogP contribution in [0.3, 0.4) is 0 Å². The van der Waals surface area contributed by atoms with Gasteiger partial charge in [-0.25, -0.2) is 0 Å². The third-order valence-electron chi connectivity index (χ3n) is 12.3. The molecule has 0 spiro atoms. The predicted molar refractivity (Wildman–Crippen MR) is 247 cm³/mol.